The summed E-state index contributed by atoms with van der Waals surface area (Å²) in [5.41, 5.74) is 1.00. The van der Waals surface area contributed by atoms with Gasteiger partial charge in [0.05, 0.1) is 7.11 Å². The van der Waals surface area contributed by atoms with E-state index in [4.69, 9.17) is 4.42 Å². The number of aliphatic hydroxyl groups is 1. The summed E-state index contributed by atoms with van der Waals surface area (Å²) in [5.74, 6) is -0.0907. The van der Waals surface area contributed by atoms with E-state index in [1.807, 2.05) is 30.3 Å². The highest BCUT2D eigenvalue weighted by atomic mass is 16.5. The number of hydrogen-bond acceptors (Lipinski definition) is 4. The maximum absolute atomic E-state index is 11.2. The van der Waals surface area contributed by atoms with E-state index in [2.05, 4.69) is 4.74 Å². The molecule has 18 heavy (non-hydrogen) atoms. The Balaban J connectivity index is 2.07. The van der Waals surface area contributed by atoms with Crippen LogP contribution in [0.15, 0.2) is 46.9 Å². The third kappa shape index (κ3) is 2.78. The summed E-state index contributed by atoms with van der Waals surface area (Å²) < 4.78 is 9.78. The van der Waals surface area contributed by atoms with Gasteiger partial charge in [-0.15, -0.1) is 0 Å². The van der Waals surface area contributed by atoms with Crippen LogP contribution < -0.4 is 0 Å². The maximum Gasteiger partial charge on any atom is 0.373 e. The van der Waals surface area contributed by atoms with Crippen molar-refractivity contribution in [3.8, 4) is 0 Å². The molecule has 0 saturated heterocycles. The lowest BCUT2D eigenvalue weighted by Gasteiger charge is -2.07. The van der Waals surface area contributed by atoms with Crippen LogP contribution in [0, 0.1) is 0 Å². The number of hydrogen-bond donors (Lipinski definition) is 1. The molecule has 1 unspecified atom stereocenters. The first-order valence-electron chi connectivity index (χ1n) is 5.60. The SMILES string of the molecule is COC(=O)c1ccc(C(O)Cc2ccccc2)o1. The number of aliphatic hydroxyl groups excluding tert-OH is 1. The van der Waals surface area contributed by atoms with E-state index in [1.165, 1.54) is 13.2 Å². The highest BCUT2D eigenvalue weighted by Gasteiger charge is 2.16. The minimum absolute atomic E-state index is 0.0969. The molecule has 0 aliphatic rings. The van der Waals surface area contributed by atoms with E-state index in [9.17, 15) is 9.90 Å². The second-order valence-electron chi connectivity index (χ2n) is 3.90. The van der Waals surface area contributed by atoms with E-state index in [0.717, 1.165) is 5.56 Å². The maximum atomic E-state index is 11.2. The van der Waals surface area contributed by atoms with Gasteiger partial charge in [-0.05, 0) is 17.7 Å². The van der Waals surface area contributed by atoms with Crippen LogP contribution in [0.5, 0.6) is 0 Å². The predicted octanol–water partition coefficient (Wildman–Crippen LogP) is 2.34. The third-order valence-electron chi connectivity index (χ3n) is 2.61. The van der Waals surface area contributed by atoms with E-state index >= 15 is 0 Å². The fourth-order valence-electron chi connectivity index (χ4n) is 1.68. The van der Waals surface area contributed by atoms with E-state index in [1.54, 1.807) is 6.07 Å². The summed E-state index contributed by atoms with van der Waals surface area (Å²) in [6.45, 7) is 0. The van der Waals surface area contributed by atoms with Gasteiger partial charge in [0.1, 0.15) is 11.9 Å². The minimum Gasteiger partial charge on any atom is -0.463 e. The van der Waals surface area contributed by atoms with Gasteiger partial charge in [0.2, 0.25) is 5.76 Å². The van der Waals surface area contributed by atoms with Gasteiger partial charge in [-0.25, -0.2) is 4.79 Å². The molecule has 2 aromatic rings. The van der Waals surface area contributed by atoms with Crippen LogP contribution >= 0.6 is 0 Å². The molecule has 1 N–H and O–H groups in total. The Hall–Kier alpha value is -2.07. The molecule has 0 amide bonds. The molecule has 94 valence electrons. The zero-order chi connectivity index (χ0) is 13.0. The van der Waals surface area contributed by atoms with E-state index < -0.39 is 12.1 Å². The Labute approximate surface area is 105 Å². The van der Waals surface area contributed by atoms with E-state index in [0.29, 0.717) is 12.2 Å². The Kier molecular flexibility index (Phi) is 3.79. The van der Waals surface area contributed by atoms with Crippen molar-refractivity contribution in [3.05, 3.63) is 59.5 Å². The first-order chi connectivity index (χ1) is 8.70. The van der Waals surface area contributed by atoms with Gasteiger partial charge in [0, 0.05) is 6.42 Å². The average Bonchev–Trinajstić information content (AvgIpc) is 2.88. The van der Waals surface area contributed by atoms with Crippen molar-refractivity contribution < 1.29 is 19.1 Å². The Morgan fingerprint density at radius 3 is 2.67 bits per heavy atom. The van der Waals surface area contributed by atoms with Crippen molar-refractivity contribution in [1.82, 2.24) is 0 Å². The molecule has 2 rings (SSSR count). The highest BCUT2D eigenvalue weighted by molar-refractivity contribution is 5.86. The molecular weight excluding hydrogens is 232 g/mol. The van der Waals surface area contributed by atoms with Gasteiger partial charge in [0.25, 0.3) is 0 Å². The molecule has 1 atom stereocenters. The summed E-state index contributed by atoms with van der Waals surface area (Å²) in [6, 6.07) is 12.7. The average molecular weight is 246 g/mol. The standard InChI is InChI=1S/C14H14O4/c1-17-14(16)13-8-7-12(18-13)11(15)9-10-5-3-2-4-6-10/h2-8,11,15H,9H2,1H3. The van der Waals surface area contributed by atoms with Crippen LogP contribution in [0.4, 0.5) is 0 Å². The number of rotatable bonds is 4. The lowest BCUT2D eigenvalue weighted by Crippen LogP contribution is -2.01. The highest BCUT2D eigenvalue weighted by Crippen LogP contribution is 2.21. The third-order valence-corrected chi connectivity index (χ3v) is 2.61. The molecule has 0 fully saturated rings. The number of furan rings is 1. The molecule has 0 saturated carbocycles. The molecule has 4 heteroatoms. The largest absolute Gasteiger partial charge is 0.463 e. The van der Waals surface area contributed by atoms with Crippen LogP contribution in [0.1, 0.15) is 28.0 Å². The first-order valence-corrected chi connectivity index (χ1v) is 5.60. The Bertz CT molecular complexity index is 516. The normalized spacial score (nSPS) is 12.1. The predicted molar refractivity (Wildman–Crippen MR) is 65.2 cm³/mol. The molecule has 1 heterocycles. The molecule has 1 aromatic carbocycles. The number of benzene rings is 1. The van der Waals surface area contributed by atoms with Gasteiger partial charge in [-0.1, -0.05) is 30.3 Å². The van der Waals surface area contributed by atoms with Crippen molar-refractivity contribution >= 4 is 5.97 Å². The second kappa shape index (κ2) is 5.51. The minimum atomic E-state index is -0.772. The molecule has 0 aliphatic carbocycles. The second-order valence-corrected chi connectivity index (χ2v) is 3.90. The zero-order valence-electron chi connectivity index (χ0n) is 10.00. The molecular formula is C14H14O4. The van der Waals surface area contributed by atoms with Crippen LogP contribution in [-0.4, -0.2) is 18.2 Å². The smallest absolute Gasteiger partial charge is 0.373 e. The van der Waals surface area contributed by atoms with Crippen molar-refractivity contribution in [1.29, 1.82) is 0 Å². The number of ether oxygens (including phenoxy) is 1. The molecule has 0 spiro atoms. The first kappa shape index (κ1) is 12.4. The van der Waals surface area contributed by atoms with Gasteiger partial charge in [-0.3, -0.25) is 0 Å². The summed E-state index contributed by atoms with van der Waals surface area (Å²) in [5, 5.41) is 10.00. The fraction of sp³-hybridized carbons (Fsp3) is 0.214. The number of carbonyl (C=O) groups excluding carboxylic acids is 1. The van der Waals surface area contributed by atoms with Crippen molar-refractivity contribution in [2.45, 2.75) is 12.5 Å². The summed E-state index contributed by atoms with van der Waals surface area (Å²) in [7, 11) is 1.28. The van der Waals surface area contributed by atoms with Gasteiger partial charge in [-0.2, -0.15) is 0 Å². The molecule has 4 nitrogen and oxygen atoms in total. The van der Waals surface area contributed by atoms with Gasteiger partial charge < -0.3 is 14.3 Å². The summed E-state index contributed by atoms with van der Waals surface area (Å²) in [6.07, 6.45) is -0.333. The van der Waals surface area contributed by atoms with Gasteiger partial charge >= 0.3 is 5.97 Å². The Morgan fingerprint density at radius 1 is 1.28 bits per heavy atom. The zero-order valence-corrected chi connectivity index (χ0v) is 10.00. The van der Waals surface area contributed by atoms with Crippen molar-refractivity contribution in [3.63, 3.8) is 0 Å². The fourth-order valence-corrected chi connectivity index (χ4v) is 1.68. The quantitative estimate of drug-likeness (QED) is 0.841. The van der Waals surface area contributed by atoms with Gasteiger partial charge in [0.15, 0.2) is 0 Å². The molecule has 0 aliphatic heterocycles. The van der Waals surface area contributed by atoms with Crippen LogP contribution in [0.3, 0.4) is 0 Å². The van der Waals surface area contributed by atoms with Crippen LogP contribution in [0.25, 0.3) is 0 Å². The van der Waals surface area contributed by atoms with E-state index in [-0.39, 0.29) is 5.76 Å². The molecule has 1 aromatic heterocycles. The lowest BCUT2D eigenvalue weighted by molar-refractivity contribution is 0.0555. The molecule has 0 radical (unpaired) electrons. The van der Waals surface area contributed by atoms with Crippen molar-refractivity contribution in [2.75, 3.05) is 7.11 Å². The summed E-state index contributed by atoms with van der Waals surface area (Å²) >= 11 is 0. The summed E-state index contributed by atoms with van der Waals surface area (Å²) in [4.78, 5) is 11.2. The van der Waals surface area contributed by atoms with Crippen LogP contribution in [-0.2, 0) is 11.2 Å². The number of methoxy groups -OCH3 is 1. The monoisotopic (exact) mass is 246 g/mol. The number of carbonyl (C=O) groups is 1. The number of esters is 1. The lowest BCUT2D eigenvalue weighted by atomic mass is 10.1. The molecule has 0 bridgehead atoms. The van der Waals surface area contributed by atoms with Crippen LogP contribution in [0.2, 0.25) is 0 Å². The Morgan fingerprint density at radius 2 is 2.00 bits per heavy atom. The topological polar surface area (TPSA) is 59.7 Å². The van der Waals surface area contributed by atoms with Crippen molar-refractivity contribution in [2.24, 2.45) is 0 Å².